The molecule has 0 spiro atoms. The molecule has 6 nitrogen and oxygen atoms in total. The zero-order chi connectivity index (χ0) is 15.8. The monoisotopic (exact) mass is 349 g/mol. The second kappa shape index (κ2) is 5.93. The zero-order valence-electron chi connectivity index (χ0n) is 12.3. The summed E-state index contributed by atoms with van der Waals surface area (Å²) in [6.45, 7) is 2.27. The molecule has 2 aromatic heterocycles. The number of nitrogens with zero attached hydrogens (tertiary/aromatic N) is 3. The van der Waals surface area contributed by atoms with Gasteiger partial charge in [0.1, 0.15) is 6.61 Å². The van der Waals surface area contributed by atoms with Crippen molar-refractivity contribution in [1.82, 2.24) is 14.8 Å². The number of carbonyl (C=O) groups excluding carboxylic acids is 2. The first-order valence-corrected chi connectivity index (χ1v) is 9.20. The van der Waals surface area contributed by atoms with Gasteiger partial charge in [0.05, 0.1) is 23.2 Å². The molecule has 2 aliphatic rings. The van der Waals surface area contributed by atoms with Crippen molar-refractivity contribution < 1.29 is 14.3 Å². The van der Waals surface area contributed by atoms with E-state index in [1.165, 1.54) is 11.3 Å². The van der Waals surface area contributed by atoms with E-state index >= 15 is 0 Å². The van der Waals surface area contributed by atoms with Gasteiger partial charge in [0, 0.05) is 18.5 Å². The van der Waals surface area contributed by atoms with Crippen LogP contribution < -0.4 is 0 Å². The second-order valence-electron chi connectivity index (χ2n) is 5.52. The molecule has 120 valence electrons. The third kappa shape index (κ3) is 2.72. The van der Waals surface area contributed by atoms with Crippen LogP contribution in [0, 0.1) is 0 Å². The molecule has 0 bridgehead atoms. The number of ether oxygens (including phenoxy) is 1. The molecule has 2 aliphatic heterocycles. The quantitative estimate of drug-likeness (QED) is 0.854. The van der Waals surface area contributed by atoms with Crippen molar-refractivity contribution in [3.8, 4) is 10.6 Å². The molecule has 2 saturated heterocycles. The van der Waals surface area contributed by atoms with Crippen LogP contribution in [-0.4, -0.2) is 59.1 Å². The number of thiazole rings is 1. The predicted octanol–water partition coefficient (Wildman–Crippen LogP) is 2.54. The highest BCUT2D eigenvalue weighted by molar-refractivity contribution is 7.15. The number of likely N-dealkylation sites (tertiary alicyclic amines) is 1. The fraction of sp³-hybridized carbons (Fsp3) is 0.400. The lowest BCUT2D eigenvalue weighted by molar-refractivity contribution is 0.0779. The molecule has 4 heterocycles. The van der Waals surface area contributed by atoms with E-state index in [1.54, 1.807) is 21.1 Å². The smallest absolute Gasteiger partial charge is 0.410 e. The maximum absolute atomic E-state index is 12.6. The summed E-state index contributed by atoms with van der Waals surface area (Å²) >= 11 is 2.99. The van der Waals surface area contributed by atoms with Crippen molar-refractivity contribution in [1.29, 1.82) is 0 Å². The van der Waals surface area contributed by atoms with Crippen LogP contribution in [0.5, 0.6) is 0 Å². The molecule has 2 amide bonds. The number of rotatable bonds is 3. The number of carbonyl (C=O) groups is 2. The van der Waals surface area contributed by atoms with Crippen molar-refractivity contribution >= 4 is 34.7 Å². The minimum absolute atomic E-state index is 0.0483. The molecule has 8 heteroatoms. The minimum atomic E-state index is -0.265. The van der Waals surface area contributed by atoms with Crippen LogP contribution in [0.2, 0.25) is 0 Å². The molecule has 2 fully saturated rings. The molecule has 23 heavy (non-hydrogen) atoms. The summed E-state index contributed by atoms with van der Waals surface area (Å²) in [5.74, 6) is -0.0483. The van der Waals surface area contributed by atoms with E-state index in [0.717, 1.165) is 17.0 Å². The standard InChI is InChI=1S/C15H15N3O3S2/c19-14(13-16-11(9-23-13)12-2-1-7-22-12)17-4-3-10(8-17)18-5-6-21-15(18)20/h1-2,7,9-10H,3-6,8H2. The molecule has 0 aliphatic carbocycles. The van der Waals surface area contributed by atoms with Gasteiger partial charge in [-0.1, -0.05) is 6.07 Å². The fourth-order valence-electron chi connectivity index (χ4n) is 2.96. The van der Waals surface area contributed by atoms with Gasteiger partial charge in [-0.05, 0) is 17.9 Å². The molecule has 1 atom stereocenters. The van der Waals surface area contributed by atoms with Gasteiger partial charge in [0.15, 0.2) is 5.01 Å². The molecule has 0 saturated carbocycles. The Labute approximate surface area is 141 Å². The van der Waals surface area contributed by atoms with Gasteiger partial charge in [-0.2, -0.15) is 0 Å². The summed E-state index contributed by atoms with van der Waals surface area (Å²) in [6, 6.07) is 4.03. The van der Waals surface area contributed by atoms with E-state index in [4.69, 9.17) is 4.74 Å². The largest absolute Gasteiger partial charge is 0.448 e. The van der Waals surface area contributed by atoms with Crippen molar-refractivity contribution in [2.24, 2.45) is 0 Å². The van der Waals surface area contributed by atoms with Crippen LogP contribution >= 0.6 is 22.7 Å². The first-order valence-electron chi connectivity index (χ1n) is 7.44. The highest BCUT2D eigenvalue weighted by Gasteiger charge is 2.36. The highest BCUT2D eigenvalue weighted by Crippen LogP contribution is 2.28. The molecular weight excluding hydrogens is 334 g/mol. The molecule has 0 N–H and O–H groups in total. The SMILES string of the molecule is O=C(c1nc(-c2cccs2)cs1)N1CCC(N2CCOC2=O)C1. The number of thiophene rings is 1. The van der Waals surface area contributed by atoms with E-state index in [0.29, 0.717) is 31.2 Å². The van der Waals surface area contributed by atoms with Crippen LogP contribution in [0.3, 0.4) is 0 Å². The number of cyclic esters (lactones) is 1. The lowest BCUT2D eigenvalue weighted by Crippen LogP contribution is -2.39. The van der Waals surface area contributed by atoms with Crippen LogP contribution in [0.1, 0.15) is 16.2 Å². The van der Waals surface area contributed by atoms with E-state index in [2.05, 4.69) is 4.98 Å². The second-order valence-corrected chi connectivity index (χ2v) is 7.32. The summed E-state index contributed by atoms with van der Waals surface area (Å²) in [7, 11) is 0. The van der Waals surface area contributed by atoms with Gasteiger partial charge in [-0.25, -0.2) is 9.78 Å². The lowest BCUT2D eigenvalue weighted by atomic mass is 10.2. The van der Waals surface area contributed by atoms with Crippen molar-refractivity contribution in [2.45, 2.75) is 12.5 Å². The fourth-order valence-corrected chi connectivity index (χ4v) is 4.51. The maximum Gasteiger partial charge on any atom is 0.410 e. The first kappa shape index (κ1) is 14.6. The third-order valence-electron chi connectivity index (χ3n) is 4.14. The first-order chi connectivity index (χ1) is 11.2. The highest BCUT2D eigenvalue weighted by atomic mass is 32.1. The average Bonchev–Trinajstić information content (AvgIpc) is 3.31. The molecule has 0 aromatic carbocycles. The molecule has 4 rings (SSSR count). The Morgan fingerprint density at radius 1 is 1.35 bits per heavy atom. The average molecular weight is 349 g/mol. The van der Waals surface area contributed by atoms with Crippen LogP contribution in [0.4, 0.5) is 4.79 Å². The summed E-state index contributed by atoms with van der Waals surface area (Å²) in [6.07, 6.45) is 0.530. The Morgan fingerprint density at radius 3 is 3.00 bits per heavy atom. The molecule has 0 radical (unpaired) electrons. The zero-order valence-corrected chi connectivity index (χ0v) is 13.9. The van der Waals surface area contributed by atoms with Crippen molar-refractivity contribution in [2.75, 3.05) is 26.2 Å². The van der Waals surface area contributed by atoms with Gasteiger partial charge in [0.25, 0.3) is 5.91 Å². The molecule has 1 unspecified atom stereocenters. The Morgan fingerprint density at radius 2 is 2.26 bits per heavy atom. The van der Waals surface area contributed by atoms with E-state index in [-0.39, 0.29) is 18.0 Å². The predicted molar refractivity (Wildman–Crippen MR) is 87.8 cm³/mol. The van der Waals surface area contributed by atoms with Crippen molar-refractivity contribution in [3.63, 3.8) is 0 Å². The van der Waals surface area contributed by atoms with E-state index < -0.39 is 0 Å². The van der Waals surface area contributed by atoms with Gasteiger partial charge in [0.2, 0.25) is 0 Å². The summed E-state index contributed by atoms with van der Waals surface area (Å²) < 4.78 is 4.98. The summed E-state index contributed by atoms with van der Waals surface area (Å²) in [5, 5.41) is 4.43. The van der Waals surface area contributed by atoms with E-state index in [1.807, 2.05) is 22.9 Å². The van der Waals surface area contributed by atoms with Gasteiger partial charge < -0.3 is 9.64 Å². The van der Waals surface area contributed by atoms with Gasteiger partial charge in [-0.15, -0.1) is 22.7 Å². The van der Waals surface area contributed by atoms with E-state index in [9.17, 15) is 9.59 Å². The van der Waals surface area contributed by atoms with Crippen LogP contribution in [-0.2, 0) is 4.74 Å². The topological polar surface area (TPSA) is 62.7 Å². The number of hydrogen-bond donors (Lipinski definition) is 0. The molecule has 2 aromatic rings. The van der Waals surface area contributed by atoms with Crippen LogP contribution in [0.25, 0.3) is 10.6 Å². The summed E-state index contributed by atoms with van der Waals surface area (Å²) in [5.41, 5.74) is 0.854. The third-order valence-corrected chi connectivity index (χ3v) is 5.87. The Hall–Kier alpha value is -1.93. The normalized spacial score (nSPS) is 21.0. The Balaban J connectivity index is 1.45. The maximum atomic E-state index is 12.6. The number of hydrogen-bond acceptors (Lipinski definition) is 6. The summed E-state index contributed by atoms with van der Waals surface area (Å²) in [4.78, 5) is 33.3. The van der Waals surface area contributed by atoms with Gasteiger partial charge >= 0.3 is 6.09 Å². The van der Waals surface area contributed by atoms with Crippen molar-refractivity contribution in [3.05, 3.63) is 27.9 Å². The number of aromatic nitrogens is 1. The van der Waals surface area contributed by atoms with Gasteiger partial charge in [-0.3, -0.25) is 9.69 Å². The lowest BCUT2D eigenvalue weighted by Gasteiger charge is -2.21. The Bertz CT molecular complexity index is 728. The minimum Gasteiger partial charge on any atom is -0.448 e. The van der Waals surface area contributed by atoms with Crippen LogP contribution in [0.15, 0.2) is 22.9 Å². The molecular formula is C15H15N3O3S2. The Kier molecular flexibility index (Phi) is 3.78. The number of amides is 2.